The molecule has 1 fully saturated rings. The Morgan fingerprint density at radius 1 is 1.25 bits per heavy atom. The van der Waals surface area contributed by atoms with Crippen LogP contribution in [0.25, 0.3) is 10.9 Å². The van der Waals surface area contributed by atoms with E-state index in [0.29, 0.717) is 12.0 Å². The fourth-order valence-electron chi connectivity index (χ4n) is 3.78. The number of imide groups is 1. The Bertz CT molecular complexity index is 821. The van der Waals surface area contributed by atoms with Crippen molar-refractivity contribution in [2.24, 2.45) is 5.92 Å². The Balaban J connectivity index is 1.80. The third kappa shape index (κ3) is 2.22. The Kier molecular flexibility index (Phi) is 3.42. The molecule has 0 aliphatic carbocycles. The zero-order valence-electron chi connectivity index (χ0n) is 13.6. The van der Waals surface area contributed by atoms with Gasteiger partial charge in [0.25, 0.3) is 5.91 Å². The first-order valence-corrected chi connectivity index (χ1v) is 7.98. The van der Waals surface area contributed by atoms with E-state index in [0.717, 1.165) is 16.6 Å². The van der Waals surface area contributed by atoms with E-state index >= 15 is 0 Å². The van der Waals surface area contributed by atoms with Gasteiger partial charge in [-0.05, 0) is 17.5 Å². The lowest BCUT2D eigenvalue weighted by Crippen LogP contribution is -2.51. The number of nitrogens with one attached hydrogen (secondary N) is 2. The van der Waals surface area contributed by atoms with Gasteiger partial charge in [-0.2, -0.15) is 0 Å². The fraction of sp³-hybridized carbons (Fsp3) is 0.333. The van der Waals surface area contributed by atoms with Crippen molar-refractivity contribution in [3.8, 4) is 0 Å². The average molecular weight is 325 g/mol. The van der Waals surface area contributed by atoms with Crippen molar-refractivity contribution >= 4 is 22.7 Å². The highest BCUT2D eigenvalue weighted by atomic mass is 16.5. The lowest BCUT2D eigenvalue weighted by atomic mass is 9.76. The molecule has 0 radical (unpaired) electrons. The summed E-state index contributed by atoms with van der Waals surface area (Å²) < 4.78 is 5.49. The van der Waals surface area contributed by atoms with E-state index in [-0.39, 0.29) is 24.0 Å². The van der Waals surface area contributed by atoms with Gasteiger partial charge in [0.1, 0.15) is 6.23 Å². The maximum Gasteiger partial charge on any atom is 0.255 e. The number of piperidine rings is 1. The second-order valence-corrected chi connectivity index (χ2v) is 6.39. The highest BCUT2D eigenvalue weighted by Crippen LogP contribution is 2.40. The molecular formula is C18H19N3O3. The number of ether oxygens (including phenoxy) is 1. The molecule has 24 heavy (non-hydrogen) atoms. The van der Waals surface area contributed by atoms with E-state index in [2.05, 4.69) is 10.3 Å². The number of fused-ring (bicyclic) bond motifs is 2. The van der Waals surface area contributed by atoms with Crippen molar-refractivity contribution in [1.82, 2.24) is 15.2 Å². The second kappa shape index (κ2) is 5.49. The third-order valence-corrected chi connectivity index (χ3v) is 4.99. The first kappa shape index (κ1) is 15.0. The van der Waals surface area contributed by atoms with Crippen LogP contribution >= 0.6 is 0 Å². The summed E-state index contributed by atoms with van der Waals surface area (Å²) in [6.45, 7) is 0. The van der Waals surface area contributed by atoms with Crippen LogP contribution in [0, 0.1) is 5.92 Å². The minimum Gasteiger partial charge on any atom is -0.362 e. The van der Waals surface area contributed by atoms with Gasteiger partial charge in [0.2, 0.25) is 5.91 Å². The summed E-state index contributed by atoms with van der Waals surface area (Å²) in [5.74, 6) is -1.18. The Morgan fingerprint density at radius 2 is 2.04 bits per heavy atom. The quantitative estimate of drug-likeness (QED) is 0.825. The molecule has 2 aliphatic rings. The van der Waals surface area contributed by atoms with Gasteiger partial charge in [-0.3, -0.25) is 14.9 Å². The summed E-state index contributed by atoms with van der Waals surface area (Å²) in [7, 11) is 3.52. The number of carbonyl (C=O) groups is 2. The Labute approximate surface area is 139 Å². The number of hydrogen-bond acceptors (Lipinski definition) is 4. The van der Waals surface area contributed by atoms with Crippen LogP contribution in [0.1, 0.15) is 18.0 Å². The average Bonchev–Trinajstić information content (AvgIpc) is 2.98. The van der Waals surface area contributed by atoms with Gasteiger partial charge in [-0.1, -0.05) is 18.2 Å². The minimum absolute atomic E-state index is 0.149. The molecule has 2 N–H and O–H groups in total. The molecule has 2 aliphatic heterocycles. The molecule has 124 valence electrons. The van der Waals surface area contributed by atoms with Gasteiger partial charge < -0.3 is 14.6 Å². The molecule has 1 aromatic carbocycles. The molecule has 0 saturated carbocycles. The molecule has 1 aromatic heterocycles. The third-order valence-electron chi connectivity index (χ3n) is 4.99. The Hall–Kier alpha value is -2.60. The number of aromatic nitrogens is 1. The summed E-state index contributed by atoms with van der Waals surface area (Å²) >= 11 is 0. The van der Waals surface area contributed by atoms with Crippen LogP contribution in [-0.2, 0) is 14.3 Å². The zero-order valence-corrected chi connectivity index (χ0v) is 13.6. The molecule has 0 bridgehead atoms. The molecule has 0 spiro atoms. The second-order valence-electron chi connectivity index (χ2n) is 6.39. The largest absolute Gasteiger partial charge is 0.362 e. The van der Waals surface area contributed by atoms with E-state index in [1.807, 2.05) is 42.3 Å². The monoisotopic (exact) mass is 325 g/mol. The number of hydrogen-bond donors (Lipinski definition) is 2. The molecule has 4 rings (SSSR count). The topological polar surface area (TPSA) is 74.4 Å². The predicted octanol–water partition coefficient (Wildman–Crippen LogP) is 1.72. The van der Waals surface area contributed by atoms with Crippen LogP contribution in [0.5, 0.6) is 0 Å². The first-order chi connectivity index (χ1) is 11.6. The molecule has 3 heterocycles. The smallest absolute Gasteiger partial charge is 0.255 e. The summed E-state index contributed by atoms with van der Waals surface area (Å²) in [5.41, 5.74) is 2.45. The van der Waals surface area contributed by atoms with E-state index < -0.39 is 5.92 Å². The molecule has 1 saturated heterocycles. The first-order valence-electron chi connectivity index (χ1n) is 7.98. The summed E-state index contributed by atoms with van der Waals surface area (Å²) in [6.07, 6.45) is 2.24. The highest BCUT2D eigenvalue weighted by molar-refractivity contribution is 6.10. The Morgan fingerprint density at radius 3 is 2.79 bits per heavy atom. The van der Waals surface area contributed by atoms with Gasteiger partial charge >= 0.3 is 0 Å². The number of nitrogens with zero attached hydrogens (tertiary/aromatic N) is 1. The summed E-state index contributed by atoms with van der Waals surface area (Å²) in [6, 6.07) is 9.90. The van der Waals surface area contributed by atoms with Crippen molar-refractivity contribution in [2.75, 3.05) is 14.2 Å². The minimum atomic E-state index is -0.423. The van der Waals surface area contributed by atoms with E-state index in [4.69, 9.17) is 4.74 Å². The maximum atomic E-state index is 12.6. The molecular weight excluding hydrogens is 306 g/mol. The van der Waals surface area contributed by atoms with Crippen LogP contribution in [0.3, 0.4) is 0 Å². The van der Waals surface area contributed by atoms with Crippen LogP contribution < -0.4 is 5.32 Å². The number of aromatic amines is 1. The normalized spacial score (nSPS) is 27.0. The van der Waals surface area contributed by atoms with Crippen LogP contribution in [0.2, 0.25) is 0 Å². The number of para-hydroxylation sites is 1. The SMILES string of the molecule is CO[C@@H]1C[C@@H]2C(=CN1C)C(=O)NC(=O)[C@H]2c1cc2ccccc2[nH]1. The van der Waals surface area contributed by atoms with Gasteiger partial charge in [0, 0.05) is 49.5 Å². The van der Waals surface area contributed by atoms with Gasteiger partial charge in [-0.25, -0.2) is 0 Å². The number of methoxy groups -OCH3 is 1. The predicted molar refractivity (Wildman–Crippen MR) is 88.9 cm³/mol. The van der Waals surface area contributed by atoms with Crippen molar-refractivity contribution in [2.45, 2.75) is 18.6 Å². The number of amides is 2. The summed E-state index contributed by atoms with van der Waals surface area (Å²) in [5, 5.41) is 3.55. The van der Waals surface area contributed by atoms with E-state index in [1.165, 1.54) is 0 Å². The van der Waals surface area contributed by atoms with Crippen LogP contribution in [0.15, 0.2) is 42.1 Å². The molecule has 3 atom stereocenters. The molecule has 6 nitrogen and oxygen atoms in total. The van der Waals surface area contributed by atoms with E-state index in [1.54, 1.807) is 13.3 Å². The summed E-state index contributed by atoms with van der Waals surface area (Å²) in [4.78, 5) is 30.0. The van der Waals surface area contributed by atoms with Crippen LogP contribution in [-0.4, -0.2) is 42.1 Å². The lowest BCUT2D eigenvalue weighted by Gasteiger charge is -2.40. The van der Waals surface area contributed by atoms with Crippen molar-refractivity contribution < 1.29 is 14.3 Å². The number of carbonyl (C=O) groups excluding carboxylic acids is 2. The standard InChI is InChI=1S/C18H19N3O3/c1-21-9-12-11(8-15(21)24-2)16(18(23)20-17(12)22)14-7-10-5-3-4-6-13(10)19-14/h3-7,9,11,15-16,19H,8H2,1-2H3,(H,20,22,23)/t11-,15-,16-/m1/s1. The lowest BCUT2D eigenvalue weighted by molar-refractivity contribution is -0.134. The van der Waals surface area contributed by atoms with Gasteiger partial charge in [-0.15, -0.1) is 0 Å². The van der Waals surface area contributed by atoms with Crippen molar-refractivity contribution in [1.29, 1.82) is 0 Å². The highest BCUT2D eigenvalue weighted by Gasteiger charge is 2.45. The molecule has 6 heteroatoms. The van der Waals surface area contributed by atoms with E-state index in [9.17, 15) is 9.59 Å². The molecule has 2 amide bonds. The number of benzene rings is 1. The zero-order chi connectivity index (χ0) is 16.8. The molecule has 0 unspecified atom stereocenters. The van der Waals surface area contributed by atoms with Gasteiger partial charge in [0.05, 0.1) is 5.92 Å². The van der Waals surface area contributed by atoms with Crippen molar-refractivity contribution in [3.05, 3.63) is 47.8 Å². The van der Waals surface area contributed by atoms with Crippen molar-refractivity contribution in [3.63, 3.8) is 0 Å². The van der Waals surface area contributed by atoms with Gasteiger partial charge in [0.15, 0.2) is 0 Å². The fourth-order valence-corrected chi connectivity index (χ4v) is 3.78. The number of rotatable bonds is 2. The maximum absolute atomic E-state index is 12.6. The van der Waals surface area contributed by atoms with Crippen LogP contribution in [0.4, 0.5) is 0 Å². The number of H-pyrrole nitrogens is 1. The molecule has 2 aromatic rings.